The highest BCUT2D eigenvalue weighted by Crippen LogP contribution is 2.29. The molecule has 136 valence electrons. The quantitative estimate of drug-likeness (QED) is 0.605. The molecule has 6 heteroatoms. The number of ether oxygens (including phenoxy) is 2. The van der Waals surface area contributed by atoms with Gasteiger partial charge in [-0.05, 0) is 42.5 Å². The van der Waals surface area contributed by atoms with Crippen LogP contribution in [0.2, 0.25) is 0 Å². The molecule has 1 aromatic rings. The molecule has 1 aromatic carbocycles. The van der Waals surface area contributed by atoms with Crippen LogP contribution in [0.3, 0.4) is 0 Å². The molecule has 1 N–H and O–H groups in total. The van der Waals surface area contributed by atoms with Gasteiger partial charge in [0.25, 0.3) is 5.91 Å². The van der Waals surface area contributed by atoms with Gasteiger partial charge in [0.15, 0.2) is 13.2 Å². The van der Waals surface area contributed by atoms with Gasteiger partial charge in [0.2, 0.25) is 0 Å². The smallest absolute Gasteiger partial charge is 0.344 e. The molecule has 0 aliphatic heterocycles. The molecule has 3 atom stereocenters. The van der Waals surface area contributed by atoms with E-state index >= 15 is 0 Å². The van der Waals surface area contributed by atoms with Crippen LogP contribution in [0.25, 0.3) is 0 Å². The van der Waals surface area contributed by atoms with Crippen molar-refractivity contribution in [3.05, 3.63) is 29.8 Å². The lowest BCUT2D eigenvalue weighted by atomic mass is 9.78. The summed E-state index contributed by atoms with van der Waals surface area (Å²) in [6, 6.07) is 6.51. The van der Waals surface area contributed by atoms with Crippen molar-refractivity contribution in [1.29, 1.82) is 0 Å². The highest BCUT2D eigenvalue weighted by molar-refractivity contribution is 5.81. The minimum atomic E-state index is -0.611. The Labute approximate surface area is 147 Å². The number of esters is 1. The van der Waals surface area contributed by atoms with Crippen molar-refractivity contribution in [1.82, 2.24) is 5.32 Å². The summed E-state index contributed by atoms with van der Waals surface area (Å²) in [5.41, 5.74) is 0.526. The van der Waals surface area contributed by atoms with Gasteiger partial charge in [0, 0.05) is 11.6 Å². The van der Waals surface area contributed by atoms with E-state index in [-0.39, 0.29) is 25.2 Å². The van der Waals surface area contributed by atoms with E-state index < -0.39 is 5.97 Å². The average molecular weight is 347 g/mol. The Balaban J connectivity index is 1.68. The van der Waals surface area contributed by atoms with E-state index in [1.54, 1.807) is 24.3 Å². The minimum absolute atomic E-state index is 0.141. The highest BCUT2D eigenvalue weighted by atomic mass is 16.6. The molecule has 6 nitrogen and oxygen atoms in total. The summed E-state index contributed by atoms with van der Waals surface area (Å²) in [5.74, 6) is 0.568. The van der Waals surface area contributed by atoms with E-state index in [4.69, 9.17) is 9.47 Å². The van der Waals surface area contributed by atoms with Crippen LogP contribution >= 0.6 is 0 Å². The Bertz CT molecular complexity index is 598. The second kappa shape index (κ2) is 9.20. The van der Waals surface area contributed by atoms with Gasteiger partial charge in [-0.25, -0.2) is 4.79 Å². The fourth-order valence-corrected chi connectivity index (χ4v) is 3.01. The van der Waals surface area contributed by atoms with E-state index in [1.807, 2.05) is 0 Å². The van der Waals surface area contributed by atoms with E-state index in [0.29, 0.717) is 23.1 Å². The average Bonchev–Trinajstić information content (AvgIpc) is 2.62. The molecule has 1 amide bonds. The van der Waals surface area contributed by atoms with Crippen LogP contribution in [0.4, 0.5) is 0 Å². The van der Waals surface area contributed by atoms with Crippen molar-refractivity contribution < 1.29 is 23.9 Å². The number of nitrogens with one attached hydrogen (secondary N) is 1. The van der Waals surface area contributed by atoms with E-state index in [1.165, 1.54) is 6.42 Å². The molecule has 1 fully saturated rings. The number of rotatable bonds is 7. The Morgan fingerprint density at radius 2 is 1.88 bits per heavy atom. The molecular weight excluding hydrogens is 322 g/mol. The molecule has 1 aliphatic carbocycles. The predicted molar refractivity (Wildman–Crippen MR) is 92.4 cm³/mol. The third-order valence-corrected chi connectivity index (χ3v) is 4.79. The maximum Gasteiger partial charge on any atom is 0.344 e. The molecule has 0 radical (unpaired) electrons. The molecule has 1 aliphatic rings. The van der Waals surface area contributed by atoms with Gasteiger partial charge >= 0.3 is 5.97 Å². The van der Waals surface area contributed by atoms with E-state index in [0.717, 1.165) is 19.1 Å². The van der Waals surface area contributed by atoms with Crippen molar-refractivity contribution >= 4 is 18.2 Å². The minimum Gasteiger partial charge on any atom is -0.482 e. The molecule has 25 heavy (non-hydrogen) atoms. The Kier molecular flexibility index (Phi) is 6.98. The molecule has 0 unspecified atom stereocenters. The number of carbonyl (C=O) groups is 3. The van der Waals surface area contributed by atoms with Crippen LogP contribution in [0.15, 0.2) is 24.3 Å². The van der Waals surface area contributed by atoms with Crippen LogP contribution in [0.5, 0.6) is 5.75 Å². The number of amides is 1. The summed E-state index contributed by atoms with van der Waals surface area (Å²) in [4.78, 5) is 34.2. The van der Waals surface area contributed by atoms with Gasteiger partial charge in [-0.1, -0.05) is 26.7 Å². The summed E-state index contributed by atoms with van der Waals surface area (Å²) in [6.07, 6.45) is 3.98. The molecular formula is C19H25NO5. The maximum atomic E-state index is 12.0. The van der Waals surface area contributed by atoms with Crippen molar-refractivity contribution in [2.75, 3.05) is 13.2 Å². The largest absolute Gasteiger partial charge is 0.482 e. The topological polar surface area (TPSA) is 81.7 Å². The van der Waals surface area contributed by atoms with Crippen LogP contribution < -0.4 is 10.1 Å². The first-order valence-electron chi connectivity index (χ1n) is 8.62. The first-order valence-corrected chi connectivity index (χ1v) is 8.62. The zero-order chi connectivity index (χ0) is 18.2. The van der Waals surface area contributed by atoms with Crippen LogP contribution in [0.1, 0.15) is 43.5 Å². The second-order valence-corrected chi connectivity index (χ2v) is 6.58. The second-order valence-electron chi connectivity index (χ2n) is 6.58. The first kappa shape index (κ1) is 19.0. The number of hydrogen-bond donors (Lipinski definition) is 1. The molecule has 2 rings (SSSR count). The molecule has 0 saturated heterocycles. The van der Waals surface area contributed by atoms with E-state index in [9.17, 15) is 14.4 Å². The molecule has 0 heterocycles. The fourth-order valence-electron chi connectivity index (χ4n) is 3.01. The van der Waals surface area contributed by atoms with Crippen molar-refractivity contribution in [2.24, 2.45) is 11.8 Å². The van der Waals surface area contributed by atoms with Gasteiger partial charge < -0.3 is 14.8 Å². The van der Waals surface area contributed by atoms with Crippen molar-refractivity contribution in [3.63, 3.8) is 0 Å². The van der Waals surface area contributed by atoms with Gasteiger partial charge in [-0.2, -0.15) is 0 Å². The number of benzene rings is 1. The van der Waals surface area contributed by atoms with Gasteiger partial charge in [-0.3, -0.25) is 9.59 Å². The van der Waals surface area contributed by atoms with Gasteiger partial charge in [-0.15, -0.1) is 0 Å². The number of hydrogen-bond acceptors (Lipinski definition) is 5. The summed E-state index contributed by atoms with van der Waals surface area (Å²) in [5, 5.41) is 2.95. The van der Waals surface area contributed by atoms with Crippen molar-refractivity contribution in [3.8, 4) is 5.75 Å². The van der Waals surface area contributed by atoms with E-state index in [2.05, 4.69) is 19.2 Å². The van der Waals surface area contributed by atoms with Gasteiger partial charge in [0.1, 0.15) is 12.0 Å². The Hall–Kier alpha value is -2.37. The number of carbonyl (C=O) groups excluding carboxylic acids is 3. The summed E-state index contributed by atoms with van der Waals surface area (Å²) >= 11 is 0. The first-order chi connectivity index (χ1) is 12.0. The molecule has 0 aromatic heterocycles. The lowest BCUT2D eigenvalue weighted by Crippen LogP contribution is -2.45. The van der Waals surface area contributed by atoms with Crippen LogP contribution in [-0.2, 0) is 14.3 Å². The third-order valence-electron chi connectivity index (χ3n) is 4.79. The lowest BCUT2D eigenvalue weighted by molar-refractivity contribution is -0.150. The normalized spacial score (nSPS) is 22.7. The third kappa shape index (κ3) is 5.89. The Morgan fingerprint density at radius 1 is 1.16 bits per heavy atom. The zero-order valence-electron chi connectivity index (χ0n) is 14.7. The summed E-state index contributed by atoms with van der Waals surface area (Å²) < 4.78 is 10.2. The Morgan fingerprint density at radius 3 is 2.56 bits per heavy atom. The summed E-state index contributed by atoms with van der Waals surface area (Å²) in [7, 11) is 0. The zero-order valence-corrected chi connectivity index (χ0v) is 14.7. The molecule has 0 bridgehead atoms. The molecule has 1 saturated carbocycles. The van der Waals surface area contributed by atoms with Crippen LogP contribution in [0, 0.1) is 11.8 Å². The van der Waals surface area contributed by atoms with Crippen molar-refractivity contribution in [2.45, 2.75) is 39.2 Å². The number of aldehydes is 1. The SMILES string of the molecule is C[C@@H]1[C@H](C)CCC[C@H]1NC(=O)COC(=O)COc1ccc(C=O)cc1. The fraction of sp³-hybridized carbons (Fsp3) is 0.526. The molecule has 0 spiro atoms. The monoisotopic (exact) mass is 347 g/mol. The predicted octanol–water partition coefficient (Wildman–Crippen LogP) is 2.36. The van der Waals surface area contributed by atoms with Gasteiger partial charge in [0.05, 0.1) is 0 Å². The summed E-state index contributed by atoms with van der Waals surface area (Å²) in [6.45, 7) is 3.75. The maximum absolute atomic E-state index is 12.0. The standard InChI is InChI=1S/C19H25NO5/c1-13-4-3-5-17(14(13)2)20-18(22)11-25-19(23)12-24-16-8-6-15(10-21)7-9-16/h6-10,13-14,17H,3-5,11-12H2,1-2H3,(H,20,22)/t13-,14-,17-/m1/s1. The lowest BCUT2D eigenvalue weighted by Gasteiger charge is -2.34. The van der Waals surface area contributed by atoms with Crippen LogP contribution in [-0.4, -0.2) is 37.4 Å². The highest BCUT2D eigenvalue weighted by Gasteiger charge is 2.28.